The molecule has 3 aromatic rings. The van der Waals surface area contributed by atoms with Gasteiger partial charge >= 0.3 is 0 Å². The smallest absolute Gasteiger partial charge is 0.231 e. The van der Waals surface area contributed by atoms with Crippen molar-refractivity contribution in [2.45, 2.75) is 18.1 Å². The molecule has 7 nitrogen and oxygen atoms in total. The van der Waals surface area contributed by atoms with Gasteiger partial charge in [-0.15, -0.1) is 10.2 Å². The number of piperazine rings is 1. The predicted molar refractivity (Wildman–Crippen MR) is 128 cm³/mol. The number of nitrogens with zero attached hydrogens (tertiary/aromatic N) is 5. The van der Waals surface area contributed by atoms with Crippen LogP contribution in [0.4, 0.5) is 0 Å². The van der Waals surface area contributed by atoms with Gasteiger partial charge in [0, 0.05) is 38.4 Å². The van der Waals surface area contributed by atoms with Crippen molar-refractivity contribution < 1.29 is 4.79 Å². The zero-order valence-electron chi connectivity index (χ0n) is 18.6. The van der Waals surface area contributed by atoms with E-state index in [0.29, 0.717) is 5.16 Å². The summed E-state index contributed by atoms with van der Waals surface area (Å²) in [5.41, 5.74) is 3.32. The highest BCUT2D eigenvalue weighted by Crippen LogP contribution is 2.21. The Morgan fingerprint density at radius 1 is 1.06 bits per heavy atom. The van der Waals surface area contributed by atoms with Crippen LogP contribution in [0.25, 0.3) is 5.69 Å². The molecule has 0 saturated carbocycles. The SMILES string of the molecule is Cc1ccc(-n2cnnc2SCC(=O)NC(CN2CCN(C)CC2)c2ccccc2)cc1. The van der Waals surface area contributed by atoms with Crippen LogP contribution in [0.2, 0.25) is 0 Å². The molecular weight excluding hydrogens is 420 g/mol. The van der Waals surface area contributed by atoms with Gasteiger partial charge in [0.15, 0.2) is 5.16 Å². The molecule has 1 aliphatic rings. The van der Waals surface area contributed by atoms with Crippen molar-refractivity contribution >= 4 is 17.7 Å². The number of thioether (sulfide) groups is 1. The first-order valence-electron chi connectivity index (χ1n) is 10.9. The summed E-state index contributed by atoms with van der Waals surface area (Å²) in [5.74, 6) is 0.285. The van der Waals surface area contributed by atoms with Gasteiger partial charge in [0.1, 0.15) is 6.33 Å². The summed E-state index contributed by atoms with van der Waals surface area (Å²) in [6.45, 7) is 7.02. The highest BCUT2D eigenvalue weighted by molar-refractivity contribution is 7.99. The predicted octanol–water partition coefficient (Wildman–Crippen LogP) is 2.77. The number of carbonyl (C=O) groups is 1. The number of rotatable bonds is 8. The lowest BCUT2D eigenvalue weighted by molar-refractivity contribution is -0.119. The van der Waals surface area contributed by atoms with Gasteiger partial charge < -0.3 is 10.2 Å². The average molecular weight is 451 g/mol. The van der Waals surface area contributed by atoms with Crippen LogP contribution in [0.5, 0.6) is 0 Å². The second-order valence-electron chi connectivity index (χ2n) is 8.24. The van der Waals surface area contributed by atoms with Crippen molar-refractivity contribution in [1.82, 2.24) is 29.9 Å². The highest BCUT2D eigenvalue weighted by atomic mass is 32.2. The lowest BCUT2D eigenvalue weighted by Crippen LogP contribution is -2.48. The summed E-state index contributed by atoms with van der Waals surface area (Å²) in [6, 6.07) is 18.4. The number of carbonyl (C=O) groups excluding carboxylic acids is 1. The molecule has 1 aromatic heterocycles. The van der Waals surface area contributed by atoms with Crippen molar-refractivity contribution in [3.8, 4) is 5.69 Å². The Morgan fingerprint density at radius 2 is 1.78 bits per heavy atom. The van der Waals surface area contributed by atoms with E-state index in [2.05, 4.69) is 63.6 Å². The molecule has 1 aliphatic heterocycles. The number of likely N-dealkylation sites (N-methyl/N-ethyl adjacent to an activating group) is 1. The van der Waals surface area contributed by atoms with Gasteiger partial charge in [0.05, 0.1) is 11.8 Å². The number of benzene rings is 2. The van der Waals surface area contributed by atoms with Gasteiger partial charge in [-0.1, -0.05) is 59.8 Å². The summed E-state index contributed by atoms with van der Waals surface area (Å²) >= 11 is 1.40. The Hall–Kier alpha value is -2.68. The molecule has 1 N–H and O–H groups in total. The molecular formula is C24H30N6OS. The molecule has 168 valence electrons. The molecule has 1 atom stereocenters. The van der Waals surface area contributed by atoms with Crippen molar-refractivity contribution in [2.75, 3.05) is 45.5 Å². The van der Waals surface area contributed by atoms with Crippen LogP contribution < -0.4 is 5.32 Å². The maximum Gasteiger partial charge on any atom is 0.231 e. The molecule has 1 unspecified atom stereocenters. The van der Waals surface area contributed by atoms with E-state index < -0.39 is 0 Å². The summed E-state index contributed by atoms with van der Waals surface area (Å²) < 4.78 is 1.91. The molecule has 2 aromatic carbocycles. The quantitative estimate of drug-likeness (QED) is 0.533. The van der Waals surface area contributed by atoms with Crippen LogP contribution in [0.15, 0.2) is 66.1 Å². The lowest BCUT2D eigenvalue weighted by Gasteiger charge is -2.35. The standard InChI is InChI=1S/C24H30N6OS/c1-19-8-10-21(11-9-19)30-18-25-27-24(30)32-17-23(31)26-22(20-6-4-3-5-7-20)16-29-14-12-28(2)13-15-29/h3-11,18,22H,12-17H2,1-2H3,(H,26,31). The number of aromatic nitrogens is 3. The van der Waals surface area contributed by atoms with Gasteiger partial charge in [-0.2, -0.15) is 0 Å². The molecule has 4 rings (SSSR count). The average Bonchev–Trinajstić information content (AvgIpc) is 3.28. The fourth-order valence-electron chi connectivity index (χ4n) is 3.78. The van der Waals surface area contributed by atoms with Crippen molar-refractivity contribution in [3.05, 3.63) is 72.1 Å². The third-order valence-corrected chi connectivity index (χ3v) is 6.68. The molecule has 0 bridgehead atoms. The van der Waals surface area contributed by atoms with E-state index in [1.165, 1.54) is 17.3 Å². The number of hydrogen-bond acceptors (Lipinski definition) is 6. The normalized spacial score (nSPS) is 16.1. The Kier molecular flexibility index (Phi) is 7.57. The summed E-state index contributed by atoms with van der Waals surface area (Å²) in [7, 11) is 2.15. The Bertz CT molecular complexity index is 999. The molecule has 1 amide bonds. The van der Waals surface area contributed by atoms with E-state index in [9.17, 15) is 4.79 Å². The lowest BCUT2D eigenvalue weighted by atomic mass is 10.1. The summed E-state index contributed by atoms with van der Waals surface area (Å²) in [5, 5.41) is 12.2. The van der Waals surface area contributed by atoms with Gasteiger partial charge in [-0.05, 0) is 31.7 Å². The van der Waals surface area contributed by atoms with E-state index in [4.69, 9.17) is 0 Å². The van der Waals surface area contributed by atoms with Gasteiger partial charge in [0.2, 0.25) is 5.91 Å². The molecule has 8 heteroatoms. The molecule has 1 saturated heterocycles. The van der Waals surface area contributed by atoms with E-state index in [1.807, 2.05) is 34.9 Å². The van der Waals surface area contributed by atoms with E-state index in [1.54, 1.807) is 6.33 Å². The minimum atomic E-state index is -0.0392. The molecule has 0 spiro atoms. The first-order valence-corrected chi connectivity index (χ1v) is 11.9. The van der Waals surface area contributed by atoms with Crippen molar-refractivity contribution in [2.24, 2.45) is 0 Å². The van der Waals surface area contributed by atoms with Crippen LogP contribution >= 0.6 is 11.8 Å². The van der Waals surface area contributed by atoms with Crippen molar-refractivity contribution in [1.29, 1.82) is 0 Å². The fourth-order valence-corrected chi connectivity index (χ4v) is 4.52. The third-order valence-electron chi connectivity index (χ3n) is 5.73. The van der Waals surface area contributed by atoms with Crippen LogP contribution in [0, 0.1) is 6.92 Å². The van der Waals surface area contributed by atoms with Gasteiger partial charge in [-0.3, -0.25) is 14.3 Å². The first kappa shape index (κ1) is 22.5. The molecule has 0 radical (unpaired) electrons. The van der Waals surface area contributed by atoms with E-state index >= 15 is 0 Å². The molecule has 32 heavy (non-hydrogen) atoms. The van der Waals surface area contributed by atoms with Crippen molar-refractivity contribution in [3.63, 3.8) is 0 Å². The van der Waals surface area contributed by atoms with Crippen LogP contribution in [-0.2, 0) is 4.79 Å². The fraction of sp³-hybridized carbons (Fsp3) is 0.375. The topological polar surface area (TPSA) is 66.3 Å². The van der Waals surface area contributed by atoms with Gasteiger partial charge in [-0.25, -0.2) is 0 Å². The first-order chi connectivity index (χ1) is 15.6. The minimum absolute atomic E-state index is 0.00330. The largest absolute Gasteiger partial charge is 0.347 e. The Morgan fingerprint density at radius 3 is 2.50 bits per heavy atom. The number of aryl methyl sites for hydroxylation is 1. The molecule has 0 aliphatic carbocycles. The van der Waals surface area contributed by atoms with Crippen LogP contribution in [-0.4, -0.2) is 76.0 Å². The zero-order valence-corrected chi connectivity index (χ0v) is 19.5. The summed E-state index contributed by atoms with van der Waals surface area (Å²) in [6.07, 6.45) is 1.69. The summed E-state index contributed by atoms with van der Waals surface area (Å²) in [4.78, 5) is 17.7. The minimum Gasteiger partial charge on any atom is -0.347 e. The maximum atomic E-state index is 12.9. The van der Waals surface area contributed by atoms with E-state index in [-0.39, 0.29) is 17.7 Å². The maximum absolute atomic E-state index is 12.9. The second kappa shape index (κ2) is 10.8. The third kappa shape index (κ3) is 5.97. The van der Waals surface area contributed by atoms with Crippen LogP contribution in [0.3, 0.4) is 0 Å². The monoisotopic (exact) mass is 450 g/mol. The van der Waals surface area contributed by atoms with Gasteiger partial charge in [0.25, 0.3) is 0 Å². The molecule has 2 heterocycles. The number of nitrogens with one attached hydrogen (secondary N) is 1. The highest BCUT2D eigenvalue weighted by Gasteiger charge is 2.21. The Labute approximate surface area is 193 Å². The molecule has 1 fully saturated rings. The van der Waals surface area contributed by atoms with E-state index in [0.717, 1.165) is 44.0 Å². The number of hydrogen-bond donors (Lipinski definition) is 1. The number of amides is 1. The second-order valence-corrected chi connectivity index (χ2v) is 9.18. The zero-order chi connectivity index (χ0) is 22.3. The van der Waals surface area contributed by atoms with Crippen LogP contribution in [0.1, 0.15) is 17.2 Å². The Balaban J connectivity index is 1.39.